The summed E-state index contributed by atoms with van der Waals surface area (Å²) < 4.78 is 24.8. The molecule has 1 aliphatic heterocycles. The van der Waals surface area contributed by atoms with E-state index in [0.29, 0.717) is 24.6 Å². The Labute approximate surface area is 199 Å². The van der Waals surface area contributed by atoms with Gasteiger partial charge in [0.1, 0.15) is 5.82 Å². The Morgan fingerprint density at radius 2 is 1.79 bits per heavy atom. The highest BCUT2D eigenvalue weighted by atomic mass is 19.1. The topological polar surface area (TPSA) is 62.8 Å². The number of halogens is 1. The smallest absolute Gasteiger partial charge is 0.319 e. The summed E-state index contributed by atoms with van der Waals surface area (Å²) in [4.78, 5) is 14.9. The second-order valence-electron chi connectivity index (χ2n) is 8.47. The lowest BCUT2D eigenvalue weighted by Gasteiger charge is -2.38. The van der Waals surface area contributed by atoms with Crippen molar-refractivity contribution < 1.29 is 18.7 Å². The summed E-state index contributed by atoms with van der Waals surface area (Å²) in [5.41, 5.74) is 4.96. The van der Waals surface area contributed by atoms with E-state index in [0.717, 1.165) is 40.9 Å². The molecule has 0 saturated carbocycles. The van der Waals surface area contributed by atoms with Crippen LogP contribution in [0.4, 0.5) is 14.9 Å². The highest BCUT2D eigenvalue weighted by Crippen LogP contribution is 2.38. The number of carbonyl (C=O) groups is 1. The number of methoxy groups -OCH3 is 2. The first-order chi connectivity index (χ1) is 16.5. The lowest BCUT2D eigenvalue weighted by Crippen LogP contribution is -2.42. The van der Waals surface area contributed by atoms with Gasteiger partial charge in [-0.05, 0) is 66.4 Å². The third kappa shape index (κ3) is 5.48. The van der Waals surface area contributed by atoms with E-state index in [2.05, 4.69) is 15.5 Å². The summed E-state index contributed by atoms with van der Waals surface area (Å²) in [5, 5.41) is 5.89. The van der Waals surface area contributed by atoms with Crippen LogP contribution in [0.25, 0.3) is 0 Å². The number of hydrogen-bond acceptors (Lipinski definition) is 4. The SMILES string of the molecule is COc1cc2c(cc1OC)[C@H](CNC(=O)Nc1ccc(C)cc1)N(Cc1cccc(F)c1)CC2. The zero-order chi connectivity index (χ0) is 24.1. The first kappa shape index (κ1) is 23.6. The van der Waals surface area contributed by atoms with E-state index in [1.165, 1.54) is 6.07 Å². The summed E-state index contributed by atoms with van der Waals surface area (Å²) in [6.45, 7) is 3.72. The number of hydrogen-bond donors (Lipinski definition) is 2. The average molecular weight is 464 g/mol. The van der Waals surface area contributed by atoms with Crippen LogP contribution in [0, 0.1) is 12.7 Å². The van der Waals surface area contributed by atoms with Crippen LogP contribution in [-0.2, 0) is 13.0 Å². The van der Waals surface area contributed by atoms with Crippen LogP contribution in [-0.4, -0.2) is 38.2 Å². The molecule has 0 radical (unpaired) electrons. The molecule has 3 aromatic carbocycles. The number of fused-ring (bicyclic) bond motifs is 1. The summed E-state index contributed by atoms with van der Waals surface area (Å²) in [7, 11) is 3.23. The molecule has 0 spiro atoms. The normalized spacial score (nSPS) is 15.4. The molecule has 7 heteroatoms. The van der Waals surface area contributed by atoms with E-state index in [9.17, 15) is 9.18 Å². The molecular weight excluding hydrogens is 433 g/mol. The predicted octanol–water partition coefficient (Wildman–Crippen LogP) is 5.07. The van der Waals surface area contributed by atoms with E-state index < -0.39 is 0 Å². The van der Waals surface area contributed by atoms with Crippen molar-refractivity contribution in [2.75, 3.05) is 32.6 Å². The highest BCUT2D eigenvalue weighted by Gasteiger charge is 2.29. The summed E-state index contributed by atoms with van der Waals surface area (Å²) >= 11 is 0. The Bertz CT molecular complexity index is 1150. The standard InChI is InChI=1S/C27H30FN3O3/c1-18-7-9-22(10-8-18)30-27(32)29-16-24-23-15-26(34-3)25(33-2)14-20(23)11-12-31(24)17-19-5-4-6-21(28)13-19/h4-10,13-15,24H,11-12,16-17H2,1-3H3,(H2,29,30,32)/t24-/m0/s1. The Morgan fingerprint density at radius 3 is 2.50 bits per heavy atom. The van der Waals surface area contributed by atoms with Gasteiger partial charge in [-0.2, -0.15) is 0 Å². The van der Waals surface area contributed by atoms with Crippen LogP contribution < -0.4 is 20.1 Å². The van der Waals surface area contributed by atoms with E-state index in [4.69, 9.17) is 9.47 Å². The highest BCUT2D eigenvalue weighted by molar-refractivity contribution is 5.89. The second-order valence-corrected chi connectivity index (χ2v) is 8.47. The molecule has 1 atom stereocenters. The van der Waals surface area contributed by atoms with Gasteiger partial charge in [0.05, 0.1) is 20.3 Å². The Hall–Kier alpha value is -3.58. The molecule has 0 aliphatic carbocycles. The minimum Gasteiger partial charge on any atom is -0.493 e. The van der Waals surface area contributed by atoms with Crippen molar-refractivity contribution in [3.63, 3.8) is 0 Å². The Morgan fingerprint density at radius 1 is 1.06 bits per heavy atom. The number of nitrogens with one attached hydrogen (secondary N) is 2. The maximum absolute atomic E-state index is 13.8. The molecule has 2 N–H and O–H groups in total. The summed E-state index contributed by atoms with van der Waals surface area (Å²) in [6.07, 6.45) is 0.817. The minimum absolute atomic E-state index is 0.115. The number of aryl methyl sites for hydroxylation is 1. The molecular formula is C27H30FN3O3. The van der Waals surface area contributed by atoms with E-state index in [-0.39, 0.29) is 17.9 Å². The van der Waals surface area contributed by atoms with Crippen molar-refractivity contribution in [3.05, 3.63) is 88.7 Å². The Kier molecular flexibility index (Phi) is 7.33. The first-order valence-electron chi connectivity index (χ1n) is 11.3. The minimum atomic E-state index is -0.276. The molecule has 1 aliphatic rings. The molecule has 2 amide bonds. The lowest BCUT2D eigenvalue weighted by molar-refractivity contribution is 0.172. The molecule has 4 rings (SSSR count). The number of nitrogens with zero attached hydrogens (tertiary/aromatic N) is 1. The number of rotatable bonds is 7. The van der Waals surface area contributed by atoms with Gasteiger partial charge in [-0.25, -0.2) is 9.18 Å². The molecule has 34 heavy (non-hydrogen) atoms. The third-order valence-electron chi connectivity index (χ3n) is 6.15. The summed E-state index contributed by atoms with van der Waals surface area (Å²) in [6, 6.07) is 17.9. The van der Waals surface area contributed by atoms with Gasteiger partial charge >= 0.3 is 6.03 Å². The van der Waals surface area contributed by atoms with Crippen molar-refractivity contribution in [1.29, 1.82) is 0 Å². The second kappa shape index (κ2) is 10.6. The van der Waals surface area contributed by atoms with Crippen LogP contribution in [0.15, 0.2) is 60.7 Å². The van der Waals surface area contributed by atoms with Gasteiger partial charge in [-0.1, -0.05) is 29.8 Å². The summed E-state index contributed by atoms with van der Waals surface area (Å²) in [5.74, 6) is 1.07. The number of ether oxygens (including phenoxy) is 2. The fourth-order valence-electron chi connectivity index (χ4n) is 4.38. The van der Waals surface area contributed by atoms with Crippen LogP contribution in [0.1, 0.15) is 28.3 Å². The molecule has 0 aromatic heterocycles. The molecule has 6 nitrogen and oxygen atoms in total. The van der Waals surface area contributed by atoms with Crippen LogP contribution >= 0.6 is 0 Å². The fourth-order valence-corrected chi connectivity index (χ4v) is 4.38. The zero-order valence-corrected chi connectivity index (χ0v) is 19.7. The van der Waals surface area contributed by atoms with Gasteiger partial charge in [-0.3, -0.25) is 4.90 Å². The molecule has 0 bridgehead atoms. The van der Waals surface area contributed by atoms with Crippen molar-refractivity contribution in [2.45, 2.75) is 25.9 Å². The van der Waals surface area contributed by atoms with E-state index >= 15 is 0 Å². The largest absolute Gasteiger partial charge is 0.493 e. The van der Waals surface area contributed by atoms with Crippen LogP contribution in [0.3, 0.4) is 0 Å². The number of benzene rings is 3. The van der Waals surface area contributed by atoms with Crippen LogP contribution in [0.2, 0.25) is 0 Å². The molecule has 0 unspecified atom stereocenters. The van der Waals surface area contributed by atoms with Gasteiger partial charge < -0.3 is 20.1 Å². The molecule has 3 aromatic rings. The molecule has 0 fully saturated rings. The number of amides is 2. The zero-order valence-electron chi connectivity index (χ0n) is 19.7. The third-order valence-corrected chi connectivity index (χ3v) is 6.15. The maximum atomic E-state index is 13.8. The first-order valence-corrected chi connectivity index (χ1v) is 11.3. The predicted molar refractivity (Wildman–Crippen MR) is 131 cm³/mol. The molecule has 178 valence electrons. The van der Waals surface area contributed by atoms with E-state index in [1.54, 1.807) is 26.4 Å². The van der Waals surface area contributed by atoms with Gasteiger partial charge in [0.2, 0.25) is 0 Å². The Balaban J connectivity index is 1.57. The number of carbonyl (C=O) groups excluding carboxylic acids is 1. The van der Waals surface area contributed by atoms with Gasteiger partial charge in [0.15, 0.2) is 11.5 Å². The quantitative estimate of drug-likeness (QED) is 0.513. The lowest BCUT2D eigenvalue weighted by atomic mass is 9.91. The van der Waals surface area contributed by atoms with Crippen molar-refractivity contribution in [3.8, 4) is 11.5 Å². The monoisotopic (exact) mass is 463 g/mol. The maximum Gasteiger partial charge on any atom is 0.319 e. The van der Waals surface area contributed by atoms with Gasteiger partial charge in [0, 0.05) is 25.3 Å². The van der Waals surface area contributed by atoms with Crippen molar-refractivity contribution in [1.82, 2.24) is 10.2 Å². The number of urea groups is 1. The van der Waals surface area contributed by atoms with Crippen LogP contribution in [0.5, 0.6) is 11.5 Å². The van der Waals surface area contributed by atoms with Gasteiger partial charge in [-0.15, -0.1) is 0 Å². The fraction of sp³-hybridized carbons (Fsp3) is 0.296. The molecule has 1 heterocycles. The van der Waals surface area contributed by atoms with Gasteiger partial charge in [0.25, 0.3) is 0 Å². The average Bonchev–Trinajstić information content (AvgIpc) is 2.84. The number of anilines is 1. The molecule has 0 saturated heterocycles. The van der Waals surface area contributed by atoms with Crippen molar-refractivity contribution in [2.24, 2.45) is 0 Å². The van der Waals surface area contributed by atoms with E-state index in [1.807, 2.05) is 49.4 Å². The van der Waals surface area contributed by atoms with Crippen molar-refractivity contribution >= 4 is 11.7 Å².